The van der Waals surface area contributed by atoms with Crippen molar-refractivity contribution in [1.29, 1.82) is 0 Å². The summed E-state index contributed by atoms with van der Waals surface area (Å²) in [6.45, 7) is 1.89. The summed E-state index contributed by atoms with van der Waals surface area (Å²) < 4.78 is 43.8. The summed E-state index contributed by atoms with van der Waals surface area (Å²) in [6, 6.07) is 12.9. The van der Waals surface area contributed by atoms with Gasteiger partial charge >= 0.3 is 18.2 Å². The molecule has 2 aromatic carbocycles. The van der Waals surface area contributed by atoms with Crippen molar-refractivity contribution in [2.45, 2.75) is 19.5 Å². The van der Waals surface area contributed by atoms with E-state index in [1.807, 2.05) is 37.3 Å². The molecule has 3 rings (SSSR count). The number of rotatable bonds is 4. The number of hydrogen-bond donors (Lipinski definition) is 2. The van der Waals surface area contributed by atoms with Crippen molar-refractivity contribution < 1.29 is 22.4 Å². The number of alkyl halides is 3. The maximum absolute atomic E-state index is 12.7. The molecule has 0 aliphatic carbocycles. The van der Waals surface area contributed by atoms with Crippen LogP contribution in [-0.4, -0.2) is 11.0 Å². The molecule has 0 unspecified atom stereocenters. The average Bonchev–Trinajstić information content (AvgIpc) is 3.04. The van der Waals surface area contributed by atoms with E-state index >= 15 is 0 Å². The second kappa shape index (κ2) is 7.53. The number of halogens is 3. The maximum Gasteiger partial charge on any atom is 0.416 e. The SMILES string of the molecule is CCc1oc(NC(=O)Nc2cccc(C(F)(F)F)c2)nc1-c1ccccc1. The number of nitrogens with zero attached hydrogens (tertiary/aromatic N) is 1. The Morgan fingerprint density at radius 2 is 1.81 bits per heavy atom. The molecule has 140 valence electrons. The Bertz CT molecular complexity index is 937. The van der Waals surface area contributed by atoms with E-state index in [1.165, 1.54) is 12.1 Å². The fourth-order valence-electron chi connectivity index (χ4n) is 2.50. The van der Waals surface area contributed by atoms with Gasteiger partial charge in [0.05, 0.1) is 5.56 Å². The molecule has 0 saturated carbocycles. The molecule has 1 aromatic heterocycles. The minimum absolute atomic E-state index is 0.00730. The number of aryl methyl sites for hydroxylation is 1. The first kappa shape index (κ1) is 18.5. The third kappa shape index (κ3) is 4.46. The number of amides is 2. The van der Waals surface area contributed by atoms with E-state index in [1.54, 1.807) is 0 Å². The zero-order chi connectivity index (χ0) is 19.4. The van der Waals surface area contributed by atoms with Crippen molar-refractivity contribution in [3.8, 4) is 11.3 Å². The average molecular weight is 375 g/mol. The topological polar surface area (TPSA) is 67.2 Å². The number of hydrogen-bond acceptors (Lipinski definition) is 3. The van der Waals surface area contributed by atoms with Crippen LogP contribution in [0, 0.1) is 0 Å². The van der Waals surface area contributed by atoms with E-state index in [0.717, 1.165) is 17.7 Å². The number of anilines is 2. The van der Waals surface area contributed by atoms with Crippen LogP contribution in [0.1, 0.15) is 18.2 Å². The number of carbonyl (C=O) groups is 1. The van der Waals surface area contributed by atoms with Gasteiger partial charge in [0.2, 0.25) is 0 Å². The lowest BCUT2D eigenvalue weighted by atomic mass is 10.1. The van der Waals surface area contributed by atoms with Crippen molar-refractivity contribution in [2.75, 3.05) is 10.6 Å². The van der Waals surface area contributed by atoms with E-state index in [9.17, 15) is 18.0 Å². The molecule has 3 aromatic rings. The number of aromatic nitrogens is 1. The molecule has 8 heteroatoms. The summed E-state index contributed by atoms with van der Waals surface area (Å²) in [5, 5.41) is 4.74. The van der Waals surface area contributed by atoms with Gasteiger partial charge in [-0.25, -0.2) is 4.79 Å². The monoisotopic (exact) mass is 375 g/mol. The first-order valence-corrected chi connectivity index (χ1v) is 8.17. The molecule has 2 amide bonds. The molecular weight excluding hydrogens is 359 g/mol. The summed E-state index contributed by atoms with van der Waals surface area (Å²) in [7, 11) is 0. The molecule has 0 bridgehead atoms. The van der Waals surface area contributed by atoms with E-state index in [4.69, 9.17) is 4.42 Å². The minimum atomic E-state index is -4.49. The van der Waals surface area contributed by atoms with Crippen LogP contribution in [-0.2, 0) is 12.6 Å². The second-order valence-corrected chi connectivity index (χ2v) is 5.67. The molecule has 0 atom stereocenters. The highest BCUT2D eigenvalue weighted by atomic mass is 19.4. The Balaban J connectivity index is 1.74. The predicted molar refractivity (Wildman–Crippen MR) is 95.4 cm³/mol. The molecule has 27 heavy (non-hydrogen) atoms. The summed E-state index contributed by atoms with van der Waals surface area (Å²) in [4.78, 5) is 16.4. The normalized spacial score (nSPS) is 11.3. The van der Waals surface area contributed by atoms with Crippen LogP contribution in [0.25, 0.3) is 11.3 Å². The second-order valence-electron chi connectivity index (χ2n) is 5.67. The van der Waals surface area contributed by atoms with Crippen LogP contribution >= 0.6 is 0 Å². The van der Waals surface area contributed by atoms with Crippen molar-refractivity contribution in [1.82, 2.24) is 4.98 Å². The largest absolute Gasteiger partial charge is 0.428 e. The number of carbonyl (C=O) groups excluding carboxylic acids is 1. The Morgan fingerprint density at radius 3 is 2.48 bits per heavy atom. The molecule has 0 fully saturated rings. The predicted octanol–water partition coefficient (Wildman–Crippen LogP) is 5.57. The van der Waals surface area contributed by atoms with Crippen LogP contribution < -0.4 is 10.6 Å². The van der Waals surface area contributed by atoms with Gasteiger partial charge in [0.25, 0.3) is 0 Å². The molecule has 0 radical (unpaired) electrons. The van der Waals surface area contributed by atoms with Crippen LogP contribution in [0.4, 0.5) is 29.7 Å². The maximum atomic E-state index is 12.7. The smallest absolute Gasteiger partial charge is 0.416 e. The van der Waals surface area contributed by atoms with Crippen LogP contribution in [0.15, 0.2) is 59.0 Å². The van der Waals surface area contributed by atoms with Gasteiger partial charge < -0.3 is 9.73 Å². The number of nitrogens with one attached hydrogen (secondary N) is 2. The molecule has 5 nitrogen and oxygen atoms in total. The summed E-state index contributed by atoms with van der Waals surface area (Å²) in [5.41, 5.74) is 0.598. The Hall–Kier alpha value is -3.29. The van der Waals surface area contributed by atoms with Crippen molar-refractivity contribution in [2.24, 2.45) is 0 Å². The molecule has 0 spiro atoms. The Labute approximate surface area is 153 Å². The summed E-state index contributed by atoms with van der Waals surface area (Å²) in [5.74, 6) is 0.593. The molecule has 2 N–H and O–H groups in total. The third-order valence-electron chi connectivity index (χ3n) is 3.73. The lowest BCUT2D eigenvalue weighted by Gasteiger charge is -2.09. The van der Waals surface area contributed by atoms with E-state index in [-0.39, 0.29) is 11.7 Å². The highest BCUT2D eigenvalue weighted by Crippen LogP contribution is 2.31. The molecule has 0 saturated heterocycles. The van der Waals surface area contributed by atoms with Gasteiger partial charge in [-0.1, -0.05) is 43.3 Å². The lowest BCUT2D eigenvalue weighted by molar-refractivity contribution is -0.137. The zero-order valence-electron chi connectivity index (χ0n) is 14.3. The molecule has 0 aliphatic rings. The fraction of sp³-hybridized carbons (Fsp3) is 0.158. The van der Waals surface area contributed by atoms with Gasteiger partial charge in [0.1, 0.15) is 11.5 Å². The highest BCUT2D eigenvalue weighted by molar-refractivity contribution is 5.98. The van der Waals surface area contributed by atoms with Gasteiger partial charge in [0.15, 0.2) is 0 Å². The van der Waals surface area contributed by atoms with Gasteiger partial charge in [-0.2, -0.15) is 18.2 Å². The quantitative estimate of drug-likeness (QED) is 0.627. The van der Waals surface area contributed by atoms with Crippen molar-refractivity contribution >= 4 is 17.7 Å². The number of urea groups is 1. The summed E-state index contributed by atoms with van der Waals surface area (Å²) in [6.07, 6.45) is -3.93. The van der Waals surface area contributed by atoms with Gasteiger partial charge in [-0.05, 0) is 18.2 Å². The van der Waals surface area contributed by atoms with Crippen LogP contribution in [0.2, 0.25) is 0 Å². The molecule has 0 aliphatic heterocycles. The van der Waals surface area contributed by atoms with Crippen LogP contribution in [0.3, 0.4) is 0 Å². The van der Waals surface area contributed by atoms with E-state index in [2.05, 4.69) is 15.6 Å². The van der Waals surface area contributed by atoms with Crippen LogP contribution in [0.5, 0.6) is 0 Å². The number of benzene rings is 2. The minimum Gasteiger partial charge on any atom is -0.428 e. The lowest BCUT2D eigenvalue weighted by Crippen LogP contribution is -2.20. The Kier molecular flexibility index (Phi) is 5.16. The van der Waals surface area contributed by atoms with Gasteiger partial charge in [-0.15, -0.1) is 0 Å². The van der Waals surface area contributed by atoms with E-state index in [0.29, 0.717) is 17.9 Å². The zero-order valence-corrected chi connectivity index (χ0v) is 14.3. The molecule has 1 heterocycles. The highest BCUT2D eigenvalue weighted by Gasteiger charge is 2.30. The van der Waals surface area contributed by atoms with Gasteiger partial charge in [0, 0.05) is 17.7 Å². The van der Waals surface area contributed by atoms with E-state index < -0.39 is 17.8 Å². The van der Waals surface area contributed by atoms with Crippen molar-refractivity contribution in [3.05, 3.63) is 65.9 Å². The van der Waals surface area contributed by atoms with Crippen molar-refractivity contribution in [3.63, 3.8) is 0 Å². The first-order chi connectivity index (χ1) is 12.9. The first-order valence-electron chi connectivity index (χ1n) is 8.17. The summed E-state index contributed by atoms with van der Waals surface area (Å²) >= 11 is 0. The fourth-order valence-corrected chi connectivity index (χ4v) is 2.50. The number of oxazole rings is 1. The Morgan fingerprint density at radius 1 is 1.07 bits per heavy atom. The standard InChI is InChI=1S/C19H16F3N3O2/c1-2-15-16(12-7-4-3-5-8-12)24-18(27-15)25-17(26)23-14-10-6-9-13(11-14)19(20,21)22/h3-11H,2H2,1H3,(H2,23,24,25,26). The third-order valence-corrected chi connectivity index (χ3v) is 3.73. The van der Waals surface area contributed by atoms with Gasteiger partial charge in [-0.3, -0.25) is 5.32 Å². The molecular formula is C19H16F3N3O2.